The fourth-order valence-corrected chi connectivity index (χ4v) is 3.92. The van der Waals surface area contributed by atoms with Gasteiger partial charge in [0.1, 0.15) is 0 Å². The zero-order chi connectivity index (χ0) is 14.3. The van der Waals surface area contributed by atoms with E-state index in [1.165, 1.54) is 25.7 Å². The molecular weight excluding hydrogens is 270 g/mol. The highest BCUT2D eigenvalue weighted by Crippen LogP contribution is 2.38. The minimum absolute atomic E-state index is 0.0375. The van der Waals surface area contributed by atoms with E-state index in [2.05, 4.69) is 25.8 Å². The number of imidazole rings is 1. The van der Waals surface area contributed by atoms with Crippen molar-refractivity contribution in [3.05, 3.63) is 17.3 Å². The molecule has 2 heterocycles. The van der Waals surface area contributed by atoms with Crippen LogP contribution in [0.1, 0.15) is 45.2 Å². The number of aromatic nitrogens is 2. The summed E-state index contributed by atoms with van der Waals surface area (Å²) in [5, 5.41) is 11.7. The molecule has 0 radical (unpaired) electrons. The molecule has 2 aromatic heterocycles. The van der Waals surface area contributed by atoms with Gasteiger partial charge in [-0.25, -0.2) is 4.98 Å². The van der Waals surface area contributed by atoms with Crippen LogP contribution in [0.25, 0.3) is 4.96 Å². The molecule has 1 saturated carbocycles. The highest BCUT2D eigenvalue weighted by molar-refractivity contribution is 7.15. The lowest BCUT2D eigenvalue weighted by Crippen LogP contribution is -2.37. The van der Waals surface area contributed by atoms with Crippen LogP contribution in [0, 0.1) is 5.41 Å². The topological polar surface area (TPSA) is 40.8 Å². The molecule has 0 aromatic carbocycles. The van der Waals surface area contributed by atoms with Gasteiger partial charge in [-0.3, -0.25) is 4.40 Å². The Kier molecular flexibility index (Phi) is 3.50. The minimum Gasteiger partial charge on any atom is -0.390 e. The Hall–Kier alpha value is -1.07. The molecule has 5 heteroatoms. The Labute approximate surface area is 124 Å². The van der Waals surface area contributed by atoms with E-state index >= 15 is 0 Å². The SMILES string of the molecule is CN(c1nc2sccn2c1CO)C1CCC(C)(C)CC1. The van der Waals surface area contributed by atoms with Crippen molar-refractivity contribution in [3.8, 4) is 0 Å². The van der Waals surface area contributed by atoms with E-state index in [0.29, 0.717) is 11.5 Å². The minimum atomic E-state index is 0.0375. The lowest BCUT2D eigenvalue weighted by atomic mass is 9.75. The second-order valence-corrected chi connectivity index (χ2v) is 7.48. The van der Waals surface area contributed by atoms with E-state index in [9.17, 15) is 5.11 Å². The summed E-state index contributed by atoms with van der Waals surface area (Å²) < 4.78 is 2.00. The van der Waals surface area contributed by atoms with Crippen molar-refractivity contribution in [3.63, 3.8) is 0 Å². The third kappa shape index (κ3) is 2.33. The number of rotatable bonds is 3. The Morgan fingerprint density at radius 1 is 1.45 bits per heavy atom. The molecule has 0 unspecified atom stereocenters. The van der Waals surface area contributed by atoms with Crippen molar-refractivity contribution in [2.75, 3.05) is 11.9 Å². The first-order chi connectivity index (χ1) is 9.52. The van der Waals surface area contributed by atoms with Gasteiger partial charge in [-0.1, -0.05) is 13.8 Å². The summed E-state index contributed by atoms with van der Waals surface area (Å²) >= 11 is 1.62. The quantitative estimate of drug-likeness (QED) is 0.944. The molecule has 0 atom stereocenters. The smallest absolute Gasteiger partial charge is 0.195 e. The van der Waals surface area contributed by atoms with Gasteiger partial charge in [0, 0.05) is 24.7 Å². The van der Waals surface area contributed by atoms with Gasteiger partial charge >= 0.3 is 0 Å². The van der Waals surface area contributed by atoms with Gasteiger partial charge in [0.2, 0.25) is 0 Å². The van der Waals surface area contributed by atoms with Gasteiger partial charge in [0.15, 0.2) is 10.8 Å². The third-order valence-electron chi connectivity index (χ3n) is 4.68. The molecule has 4 nitrogen and oxygen atoms in total. The van der Waals surface area contributed by atoms with Gasteiger partial charge in [0.05, 0.1) is 12.3 Å². The number of nitrogens with zero attached hydrogens (tertiary/aromatic N) is 3. The summed E-state index contributed by atoms with van der Waals surface area (Å²) in [6.45, 7) is 4.75. The second-order valence-electron chi connectivity index (χ2n) is 6.60. The predicted octanol–water partition coefficient (Wildman–Crippen LogP) is 3.29. The molecule has 0 bridgehead atoms. The zero-order valence-electron chi connectivity index (χ0n) is 12.5. The van der Waals surface area contributed by atoms with E-state index in [-0.39, 0.29) is 6.61 Å². The fraction of sp³-hybridized carbons (Fsp3) is 0.667. The van der Waals surface area contributed by atoms with E-state index in [1.807, 2.05) is 16.0 Å². The molecule has 0 spiro atoms. The average molecular weight is 293 g/mol. The first-order valence-electron chi connectivity index (χ1n) is 7.30. The van der Waals surface area contributed by atoms with Crippen LogP contribution < -0.4 is 4.90 Å². The molecule has 110 valence electrons. The van der Waals surface area contributed by atoms with Crippen LogP contribution in [-0.4, -0.2) is 27.6 Å². The number of aliphatic hydroxyl groups excluding tert-OH is 1. The molecule has 0 amide bonds. The van der Waals surface area contributed by atoms with E-state index in [4.69, 9.17) is 4.98 Å². The van der Waals surface area contributed by atoms with Crippen LogP contribution in [0.3, 0.4) is 0 Å². The molecule has 20 heavy (non-hydrogen) atoms. The van der Waals surface area contributed by atoms with Crippen LogP contribution in [0.15, 0.2) is 11.6 Å². The van der Waals surface area contributed by atoms with Gasteiger partial charge < -0.3 is 10.0 Å². The molecule has 2 aromatic rings. The van der Waals surface area contributed by atoms with Gasteiger partial charge in [-0.05, 0) is 31.1 Å². The molecule has 0 saturated heterocycles. The van der Waals surface area contributed by atoms with Crippen molar-refractivity contribution in [1.29, 1.82) is 0 Å². The van der Waals surface area contributed by atoms with Crippen molar-refractivity contribution in [2.24, 2.45) is 5.41 Å². The largest absolute Gasteiger partial charge is 0.390 e. The van der Waals surface area contributed by atoms with E-state index in [1.54, 1.807) is 11.3 Å². The summed E-state index contributed by atoms with van der Waals surface area (Å²) in [6, 6.07) is 0.540. The zero-order valence-corrected chi connectivity index (χ0v) is 13.3. The summed E-state index contributed by atoms with van der Waals surface area (Å²) in [7, 11) is 2.12. The van der Waals surface area contributed by atoms with Gasteiger partial charge in [-0.15, -0.1) is 11.3 Å². The molecule has 0 aliphatic heterocycles. The number of aliphatic hydroxyl groups is 1. The predicted molar refractivity (Wildman–Crippen MR) is 83.4 cm³/mol. The molecular formula is C15H23N3OS. The highest BCUT2D eigenvalue weighted by atomic mass is 32.1. The molecule has 1 aliphatic carbocycles. The first kappa shape index (κ1) is 13.9. The Bertz CT molecular complexity index is 591. The highest BCUT2D eigenvalue weighted by Gasteiger charge is 2.30. The summed E-state index contributed by atoms with van der Waals surface area (Å²) in [5.41, 5.74) is 1.39. The number of thiazole rings is 1. The van der Waals surface area contributed by atoms with Crippen molar-refractivity contribution in [2.45, 2.75) is 52.2 Å². The maximum Gasteiger partial charge on any atom is 0.195 e. The van der Waals surface area contributed by atoms with Crippen molar-refractivity contribution < 1.29 is 5.11 Å². The van der Waals surface area contributed by atoms with E-state index < -0.39 is 0 Å². The Morgan fingerprint density at radius 2 is 2.15 bits per heavy atom. The van der Waals surface area contributed by atoms with Gasteiger partial charge in [-0.2, -0.15) is 0 Å². The maximum absolute atomic E-state index is 9.67. The number of fused-ring (bicyclic) bond motifs is 1. The lowest BCUT2D eigenvalue weighted by molar-refractivity contribution is 0.221. The van der Waals surface area contributed by atoms with E-state index in [0.717, 1.165) is 16.5 Å². The summed E-state index contributed by atoms with van der Waals surface area (Å²) in [4.78, 5) is 7.95. The summed E-state index contributed by atoms with van der Waals surface area (Å²) in [5.74, 6) is 0.948. The monoisotopic (exact) mass is 293 g/mol. The second kappa shape index (κ2) is 5.04. The average Bonchev–Trinajstić information content (AvgIpc) is 2.97. The molecule has 1 fully saturated rings. The first-order valence-corrected chi connectivity index (χ1v) is 8.18. The van der Waals surface area contributed by atoms with Crippen molar-refractivity contribution in [1.82, 2.24) is 9.38 Å². The van der Waals surface area contributed by atoms with Gasteiger partial charge in [0.25, 0.3) is 0 Å². The number of hydrogen-bond acceptors (Lipinski definition) is 4. The van der Waals surface area contributed by atoms with Crippen LogP contribution in [-0.2, 0) is 6.61 Å². The standard InChI is InChI=1S/C15H23N3OS/c1-15(2)6-4-11(5-7-15)17(3)13-12(10-19)18-8-9-20-14(18)16-13/h8-9,11,19H,4-7,10H2,1-3H3. The molecule has 1 aliphatic rings. The molecule has 3 rings (SSSR count). The maximum atomic E-state index is 9.67. The van der Waals surface area contributed by atoms with Crippen molar-refractivity contribution >= 4 is 22.1 Å². The molecule has 1 N–H and O–H groups in total. The Balaban J connectivity index is 1.85. The Morgan fingerprint density at radius 3 is 2.80 bits per heavy atom. The van der Waals surface area contributed by atoms with Crippen LogP contribution >= 0.6 is 11.3 Å². The normalized spacial score (nSPS) is 19.6. The number of anilines is 1. The van der Waals surface area contributed by atoms with Crippen LogP contribution in [0.2, 0.25) is 0 Å². The summed E-state index contributed by atoms with van der Waals surface area (Å²) in [6.07, 6.45) is 6.93. The van der Waals surface area contributed by atoms with Crippen LogP contribution in [0.5, 0.6) is 0 Å². The van der Waals surface area contributed by atoms with Crippen LogP contribution in [0.4, 0.5) is 5.82 Å². The number of hydrogen-bond donors (Lipinski definition) is 1. The fourth-order valence-electron chi connectivity index (χ4n) is 3.19. The lowest BCUT2D eigenvalue weighted by Gasteiger charge is -2.39. The third-order valence-corrected chi connectivity index (χ3v) is 5.44.